The van der Waals surface area contributed by atoms with Crippen LogP contribution in [0.3, 0.4) is 0 Å². The Balaban J connectivity index is 2.24. The SMILES string of the molecule is CC1(C)CN2CCNCc3cc(F)cc1c32. The summed E-state index contributed by atoms with van der Waals surface area (Å²) in [5.74, 6) is -0.104. The van der Waals surface area contributed by atoms with Crippen LogP contribution in [0, 0.1) is 5.82 Å². The first kappa shape index (κ1) is 10.1. The van der Waals surface area contributed by atoms with E-state index in [9.17, 15) is 4.39 Å². The molecule has 0 bridgehead atoms. The number of nitrogens with zero attached hydrogens (tertiary/aromatic N) is 1. The Morgan fingerprint density at radius 2 is 2.19 bits per heavy atom. The molecule has 1 aromatic rings. The van der Waals surface area contributed by atoms with Crippen LogP contribution < -0.4 is 10.2 Å². The number of rotatable bonds is 0. The fourth-order valence-corrected chi connectivity index (χ4v) is 2.95. The van der Waals surface area contributed by atoms with Gasteiger partial charge in [0.2, 0.25) is 0 Å². The quantitative estimate of drug-likeness (QED) is 0.719. The van der Waals surface area contributed by atoms with Gasteiger partial charge in [-0.25, -0.2) is 4.39 Å². The summed E-state index contributed by atoms with van der Waals surface area (Å²) in [5, 5.41) is 3.34. The number of benzene rings is 1. The molecule has 0 atom stereocenters. The average Bonchev–Trinajstić information content (AvgIpc) is 2.35. The fourth-order valence-electron chi connectivity index (χ4n) is 2.95. The molecule has 2 heterocycles. The molecule has 0 radical (unpaired) electrons. The highest BCUT2D eigenvalue weighted by atomic mass is 19.1. The molecule has 86 valence electrons. The Kier molecular flexibility index (Phi) is 2.02. The van der Waals surface area contributed by atoms with Crippen molar-refractivity contribution >= 4 is 5.69 Å². The Hall–Kier alpha value is -1.09. The van der Waals surface area contributed by atoms with Crippen molar-refractivity contribution in [3.05, 3.63) is 29.1 Å². The molecule has 0 aliphatic carbocycles. The van der Waals surface area contributed by atoms with Crippen molar-refractivity contribution in [3.8, 4) is 0 Å². The molecule has 0 spiro atoms. The minimum Gasteiger partial charge on any atom is -0.369 e. The molecular formula is C13H17FN2. The normalized spacial score (nSPS) is 21.8. The van der Waals surface area contributed by atoms with E-state index in [1.807, 2.05) is 0 Å². The number of halogens is 1. The maximum atomic E-state index is 13.6. The van der Waals surface area contributed by atoms with Crippen molar-refractivity contribution in [1.82, 2.24) is 5.32 Å². The van der Waals surface area contributed by atoms with Crippen molar-refractivity contribution in [2.45, 2.75) is 25.8 Å². The Labute approximate surface area is 95.4 Å². The van der Waals surface area contributed by atoms with Crippen LogP contribution in [-0.2, 0) is 12.0 Å². The smallest absolute Gasteiger partial charge is 0.123 e. The molecule has 0 unspecified atom stereocenters. The molecule has 3 heteroatoms. The molecule has 0 amide bonds. The lowest BCUT2D eigenvalue weighted by Gasteiger charge is -2.21. The highest BCUT2D eigenvalue weighted by molar-refractivity contribution is 5.67. The zero-order chi connectivity index (χ0) is 11.3. The zero-order valence-electron chi connectivity index (χ0n) is 9.81. The second-order valence-corrected chi connectivity index (χ2v) is 5.44. The summed E-state index contributed by atoms with van der Waals surface area (Å²) in [6, 6.07) is 3.38. The average molecular weight is 220 g/mol. The highest BCUT2D eigenvalue weighted by Gasteiger charge is 2.37. The molecule has 0 aromatic heterocycles. The van der Waals surface area contributed by atoms with Crippen molar-refractivity contribution in [1.29, 1.82) is 0 Å². The van der Waals surface area contributed by atoms with E-state index in [0.717, 1.165) is 31.7 Å². The molecule has 1 aromatic carbocycles. The van der Waals surface area contributed by atoms with E-state index >= 15 is 0 Å². The third-order valence-electron chi connectivity index (χ3n) is 3.66. The van der Waals surface area contributed by atoms with Crippen LogP contribution in [0.1, 0.15) is 25.0 Å². The van der Waals surface area contributed by atoms with Crippen LogP contribution in [0.5, 0.6) is 0 Å². The van der Waals surface area contributed by atoms with Crippen LogP contribution in [0.4, 0.5) is 10.1 Å². The van der Waals surface area contributed by atoms with Crippen LogP contribution in [0.2, 0.25) is 0 Å². The van der Waals surface area contributed by atoms with Gasteiger partial charge in [0.15, 0.2) is 0 Å². The summed E-state index contributed by atoms with van der Waals surface area (Å²) in [6.07, 6.45) is 0. The van der Waals surface area contributed by atoms with E-state index in [1.165, 1.54) is 11.3 Å². The molecule has 2 aliphatic rings. The summed E-state index contributed by atoms with van der Waals surface area (Å²) in [6.45, 7) is 8.18. The number of hydrogen-bond acceptors (Lipinski definition) is 2. The molecule has 1 N–H and O–H groups in total. The third kappa shape index (κ3) is 1.34. The molecule has 0 saturated heterocycles. The molecule has 2 nitrogen and oxygen atoms in total. The number of nitrogens with one attached hydrogen (secondary N) is 1. The Morgan fingerprint density at radius 3 is 3.00 bits per heavy atom. The largest absolute Gasteiger partial charge is 0.369 e. The van der Waals surface area contributed by atoms with E-state index in [-0.39, 0.29) is 11.2 Å². The minimum absolute atomic E-state index is 0.0729. The van der Waals surface area contributed by atoms with Gasteiger partial charge >= 0.3 is 0 Å². The van der Waals surface area contributed by atoms with Crippen LogP contribution >= 0.6 is 0 Å². The standard InChI is InChI=1S/C13H17FN2/c1-13(2)8-16-4-3-15-7-9-5-10(14)6-11(13)12(9)16/h5-6,15H,3-4,7-8H2,1-2H3. The summed E-state index contributed by atoms with van der Waals surface area (Å²) in [5.41, 5.74) is 3.63. The predicted octanol–water partition coefficient (Wildman–Crippen LogP) is 2.03. The summed E-state index contributed by atoms with van der Waals surface area (Å²) in [7, 11) is 0. The van der Waals surface area contributed by atoms with Crippen LogP contribution in [0.25, 0.3) is 0 Å². The molecular weight excluding hydrogens is 203 g/mol. The zero-order valence-corrected chi connectivity index (χ0v) is 9.81. The van der Waals surface area contributed by atoms with Gasteiger partial charge in [-0.3, -0.25) is 0 Å². The van der Waals surface area contributed by atoms with E-state index in [2.05, 4.69) is 24.1 Å². The molecule has 3 rings (SSSR count). The van der Waals surface area contributed by atoms with Crippen molar-refractivity contribution in [3.63, 3.8) is 0 Å². The van der Waals surface area contributed by atoms with Gasteiger partial charge in [0.05, 0.1) is 0 Å². The lowest BCUT2D eigenvalue weighted by molar-refractivity contribution is 0.538. The van der Waals surface area contributed by atoms with Gasteiger partial charge in [-0.1, -0.05) is 13.8 Å². The Bertz CT molecular complexity index is 440. The second-order valence-electron chi connectivity index (χ2n) is 5.44. The monoisotopic (exact) mass is 220 g/mol. The van der Waals surface area contributed by atoms with Gasteiger partial charge < -0.3 is 10.2 Å². The first-order chi connectivity index (χ1) is 7.58. The van der Waals surface area contributed by atoms with Gasteiger partial charge in [0, 0.05) is 37.3 Å². The summed E-state index contributed by atoms with van der Waals surface area (Å²) < 4.78 is 13.6. The van der Waals surface area contributed by atoms with Crippen LogP contribution in [-0.4, -0.2) is 19.6 Å². The molecule has 0 fully saturated rings. The lowest BCUT2D eigenvalue weighted by Crippen LogP contribution is -2.32. The first-order valence-electron chi connectivity index (χ1n) is 5.86. The number of hydrogen-bond donors (Lipinski definition) is 1. The fraction of sp³-hybridized carbons (Fsp3) is 0.538. The van der Waals surface area contributed by atoms with E-state index in [0.29, 0.717) is 0 Å². The second kappa shape index (κ2) is 3.20. The summed E-state index contributed by atoms with van der Waals surface area (Å²) >= 11 is 0. The molecule has 2 aliphatic heterocycles. The van der Waals surface area contributed by atoms with Gasteiger partial charge in [0.1, 0.15) is 5.82 Å². The van der Waals surface area contributed by atoms with Crippen molar-refractivity contribution in [2.75, 3.05) is 24.5 Å². The number of anilines is 1. The van der Waals surface area contributed by atoms with Gasteiger partial charge in [-0.15, -0.1) is 0 Å². The van der Waals surface area contributed by atoms with Crippen LogP contribution in [0.15, 0.2) is 12.1 Å². The third-order valence-corrected chi connectivity index (χ3v) is 3.66. The maximum Gasteiger partial charge on any atom is 0.123 e. The predicted molar refractivity (Wildman–Crippen MR) is 63.3 cm³/mol. The molecule has 0 saturated carbocycles. The first-order valence-corrected chi connectivity index (χ1v) is 5.86. The topological polar surface area (TPSA) is 15.3 Å². The van der Waals surface area contributed by atoms with Gasteiger partial charge in [-0.2, -0.15) is 0 Å². The van der Waals surface area contributed by atoms with E-state index < -0.39 is 0 Å². The van der Waals surface area contributed by atoms with Crippen molar-refractivity contribution < 1.29 is 4.39 Å². The highest BCUT2D eigenvalue weighted by Crippen LogP contribution is 2.43. The minimum atomic E-state index is -0.104. The van der Waals surface area contributed by atoms with Gasteiger partial charge in [-0.05, 0) is 23.3 Å². The summed E-state index contributed by atoms with van der Waals surface area (Å²) in [4.78, 5) is 2.39. The van der Waals surface area contributed by atoms with E-state index in [4.69, 9.17) is 0 Å². The maximum absolute atomic E-state index is 13.6. The molecule has 16 heavy (non-hydrogen) atoms. The Morgan fingerprint density at radius 1 is 1.38 bits per heavy atom. The van der Waals surface area contributed by atoms with E-state index in [1.54, 1.807) is 12.1 Å². The lowest BCUT2D eigenvalue weighted by atomic mass is 9.86. The van der Waals surface area contributed by atoms with Crippen molar-refractivity contribution in [2.24, 2.45) is 0 Å². The van der Waals surface area contributed by atoms with Gasteiger partial charge in [0.25, 0.3) is 0 Å².